The van der Waals surface area contributed by atoms with Crippen molar-refractivity contribution in [2.75, 3.05) is 18.9 Å². The molecule has 0 bridgehead atoms. The van der Waals surface area contributed by atoms with E-state index >= 15 is 0 Å². The van der Waals surface area contributed by atoms with Crippen LogP contribution in [0, 0.1) is 0 Å². The van der Waals surface area contributed by atoms with Gasteiger partial charge in [-0.3, -0.25) is 10.1 Å². The standard InChI is InChI=1S/C14H20N4O3/c1-14(2,3)21-13(20)15-11-6-5-10(16-17-11)9-7-8-18(4)12(9)19/h5-6,9H,7-8H2,1-4H3,(H,15,17,20). The molecule has 1 N–H and O–H groups in total. The van der Waals surface area contributed by atoms with Crippen LogP contribution >= 0.6 is 0 Å². The smallest absolute Gasteiger partial charge is 0.413 e. The molecule has 0 spiro atoms. The van der Waals surface area contributed by atoms with E-state index in [1.165, 1.54) is 0 Å². The van der Waals surface area contributed by atoms with Crippen LogP contribution in [-0.4, -0.2) is 46.3 Å². The molecule has 1 aromatic rings. The summed E-state index contributed by atoms with van der Waals surface area (Å²) in [5.41, 5.74) is 0.0530. The molecule has 7 heteroatoms. The van der Waals surface area contributed by atoms with Crippen molar-refractivity contribution in [2.24, 2.45) is 0 Å². The molecule has 1 aliphatic heterocycles. The van der Waals surface area contributed by atoms with E-state index < -0.39 is 11.7 Å². The van der Waals surface area contributed by atoms with E-state index in [0.717, 1.165) is 13.0 Å². The van der Waals surface area contributed by atoms with Crippen molar-refractivity contribution in [1.82, 2.24) is 15.1 Å². The minimum Gasteiger partial charge on any atom is -0.444 e. The molecule has 1 fully saturated rings. The number of hydrogen-bond donors (Lipinski definition) is 1. The minimum atomic E-state index is -0.582. The molecule has 0 saturated carbocycles. The summed E-state index contributed by atoms with van der Waals surface area (Å²) in [4.78, 5) is 25.2. The number of rotatable bonds is 2. The first-order chi connectivity index (χ1) is 9.76. The van der Waals surface area contributed by atoms with Crippen molar-refractivity contribution >= 4 is 17.8 Å². The Kier molecular flexibility index (Phi) is 4.11. The Morgan fingerprint density at radius 1 is 1.38 bits per heavy atom. The number of anilines is 1. The van der Waals surface area contributed by atoms with Gasteiger partial charge in [-0.1, -0.05) is 0 Å². The second kappa shape index (κ2) is 5.67. The zero-order chi connectivity index (χ0) is 15.6. The molecule has 7 nitrogen and oxygen atoms in total. The average molecular weight is 292 g/mol. The van der Waals surface area contributed by atoms with Gasteiger partial charge in [0.05, 0.1) is 11.6 Å². The van der Waals surface area contributed by atoms with Gasteiger partial charge in [0.2, 0.25) is 5.91 Å². The SMILES string of the molecule is CN1CCC(c2ccc(NC(=O)OC(C)(C)C)nn2)C1=O. The summed E-state index contributed by atoms with van der Waals surface area (Å²) in [7, 11) is 1.77. The first-order valence-electron chi connectivity index (χ1n) is 6.85. The fourth-order valence-electron chi connectivity index (χ4n) is 2.10. The molecule has 1 atom stereocenters. The molecule has 0 radical (unpaired) electrons. The summed E-state index contributed by atoms with van der Waals surface area (Å²) in [6.07, 6.45) is 0.157. The summed E-state index contributed by atoms with van der Waals surface area (Å²) in [6.45, 7) is 6.07. The van der Waals surface area contributed by atoms with Crippen molar-refractivity contribution < 1.29 is 14.3 Å². The molecule has 0 aromatic carbocycles. The Labute approximate surface area is 123 Å². The highest BCUT2D eigenvalue weighted by Gasteiger charge is 2.31. The third-order valence-corrected chi connectivity index (χ3v) is 3.10. The van der Waals surface area contributed by atoms with Gasteiger partial charge in [-0.15, -0.1) is 5.10 Å². The largest absolute Gasteiger partial charge is 0.444 e. The summed E-state index contributed by atoms with van der Waals surface area (Å²) in [5, 5.41) is 10.5. The van der Waals surface area contributed by atoms with Gasteiger partial charge >= 0.3 is 6.09 Å². The highest BCUT2D eigenvalue weighted by Crippen LogP contribution is 2.26. The van der Waals surface area contributed by atoms with Crippen molar-refractivity contribution in [2.45, 2.75) is 38.7 Å². The van der Waals surface area contributed by atoms with Crippen molar-refractivity contribution in [3.63, 3.8) is 0 Å². The van der Waals surface area contributed by atoms with Crippen molar-refractivity contribution in [1.29, 1.82) is 0 Å². The maximum absolute atomic E-state index is 11.9. The van der Waals surface area contributed by atoms with Crippen LogP contribution in [0.25, 0.3) is 0 Å². The van der Waals surface area contributed by atoms with E-state index in [-0.39, 0.29) is 11.8 Å². The number of nitrogens with zero attached hydrogens (tertiary/aromatic N) is 3. The van der Waals surface area contributed by atoms with E-state index in [1.54, 1.807) is 44.9 Å². The number of aromatic nitrogens is 2. The predicted octanol–water partition coefficient (Wildman–Crippen LogP) is 1.77. The molecule has 1 unspecified atom stereocenters. The number of nitrogens with one attached hydrogen (secondary N) is 1. The molecule has 21 heavy (non-hydrogen) atoms. The molecular weight excluding hydrogens is 272 g/mol. The molecule has 114 valence electrons. The van der Waals surface area contributed by atoms with Gasteiger partial charge in [-0.05, 0) is 39.3 Å². The molecule has 2 rings (SSSR count). The number of amides is 2. The van der Waals surface area contributed by atoms with Crippen LogP contribution < -0.4 is 5.32 Å². The van der Waals surface area contributed by atoms with E-state index in [2.05, 4.69) is 15.5 Å². The summed E-state index contributed by atoms with van der Waals surface area (Å²) >= 11 is 0. The lowest BCUT2D eigenvalue weighted by Crippen LogP contribution is -2.27. The Hall–Kier alpha value is -2.18. The van der Waals surface area contributed by atoms with Crippen LogP contribution in [0.3, 0.4) is 0 Å². The molecule has 1 aliphatic rings. The number of hydrogen-bond acceptors (Lipinski definition) is 5. The number of likely N-dealkylation sites (tertiary alicyclic amines) is 1. The molecule has 0 aliphatic carbocycles. The molecule has 1 saturated heterocycles. The number of carbonyl (C=O) groups excluding carboxylic acids is 2. The Balaban J connectivity index is 2.00. The van der Waals surface area contributed by atoms with Crippen molar-refractivity contribution in [3.8, 4) is 0 Å². The first kappa shape index (κ1) is 15.2. The lowest BCUT2D eigenvalue weighted by molar-refractivity contribution is -0.127. The fraction of sp³-hybridized carbons (Fsp3) is 0.571. The average Bonchev–Trinajstić information content (AvgIpc) is 2.69. The Morgan fingerprint density at radius 3 is 2.57 bits per heavy atom. The van der Waals surface area contributed by atoms with Crippen LogP contribution in [0.15, 0.2) is 12.1 Å². The minimum absolute atomic E-state index is 0.0529. The summed E-state index contributed by atoms with van der Waals surface area (Å²) in [6, 6.07) is 3.33. The molecule has 2 amide bonds. The van der Waals surface area contributed by atoms with Crippen molar-refractivity contribution in [3.05, 3.63) is 17.8 Å². The quantitative estimate of drug-likeness (QED) is 0.898. The zero-order valence-corrected chi connectivity index (χ0v) is 12.7. The lowest BCUT2D eigenvalue weighted by atomic mass is 10.0. The first-order valence-corrected chi connectivity index (χ1v) is 6.85. The van der Waals surface area contributed by atoms with E-state index in [1.807, 2.05) is 0 Å². The third kappa shape index (κ3) is 3.90. The van der Waals surface area contributed by atoms with Crippen LogP contribution in [0.2, 0.25) is 0 Å². The van der Waals surface area contributed by atoms with Gasteiger partial charge in [0, 0.05) is 13.6 Å². The van der Waals surface area contributed by atoms with Gasteiger partial charge in [-0.2, -0.15) is 5.10 Å². The second-order valence-corrected chi connectivity index (χ2v) is 6.07. The van der Waals surface area contributed by atoms with Crippen LogP contribution in [-0.2, 0) is 9.53 Å². The van der Waals surface area contributed by atoms with Gasteiger partial charge < -0.3 is 9.64 Å². The van der Waals surface area contributed by atoms with Gasteiger partial charge in [-0.25, -0.2) is 4.79 Å². The molecule has 2 heterocycles. The fourth-order valence-corrected chi connectivity index (χ4v) is 2.10. The lowest BCUT2D eigenvalue weighted by Gasteiger charge is -2.19. The van der Waals surface area contributed by atoms with Gasteiger partial charge in [0.25, 0.3) is 0 Å². The monoisotopic (exact) mass is 292 g/mol. The number of likely N-dealkylation sites (N-methyl/N-ethyl adjacent to an activating group) is 1. The van der Waals surface area contributed by atoms with E-state index in [0.29, 0.717) is 11.5 Å². The maximum atomic E-state index is 11.9. The highest BCUT2D eigenvalue weighted by molar-refractivity contribution is 5.85. The summed E-state index contributed by atoms with van der Waals surface area (Å²) in [5.74, 6) is 0.113. The number of ether oxygens (including phenoxy) is 1. The Bertz CT molecular complexity index is 536. The summed E-state index contributed by atoms with van der Waals surface area (Å²) < 4.78 is 5.12. The predicted molar refractivity (Wildman–Crippen MR) is 76.9 cm³/mol. The third-order valence-electron chi connectivity index (χ3n) is 3.10. The zero-order valence-electron chi connectivity index (χ0n) is 12.7. The van der Waals surface area contributed by atoms with Crippen LogP contribution in [0.4, 0.5) is 10.6 Å². The topological polar surface area (TPSA) is 84.4 Å². The Morgan fingerprint density at radius 2 is 2.10 bits per heavy atom. The van der Waals surface area contributed by atoms with E-state index in [9.17, 15) is 9.59 Å². The highest BCUT2D eigenvalue weighted by atomic mass is 16.6. The molecule has 1 aromatic heterocycles. The van der Waals surface area contributed by atoms with Gasteiger partial charge in [0.1, 0.15) is 5.60 Å². The normalized spacial score (nSPS) is 18.8. The molecular formula is C14H20N4O3. The van der Waals surface area contributed by atoms with E-state index in [4.69, 9.17) is 4.74 Å². The van der Waals surface area contributed by atoms with Crippen LogP contribution in [0.5, 0.6) is 0 Å². The second-order valence-electron chi connectivity index (χ2n) is 6.07. The maximum Gasteiger partial charge on any atom is 0.413 e. The van der Waals surface area contributed by atoms with Gasteiger partial charge in [0.15, 0.2) is 5.82 Å². The number of carbonyl (C=O) groups is 2. The van der Waals surface area contributed by atoms with Crippen LogP contribution in [0.1, 0.15) is 38.8 Å².